The lowest BCUT2D eigenvalue weighted by Crippen LogP contribution is -2.35. The second-order valence-electron chi connectivity index (χ2n) is 6.96. The van der Waals surface area contributed by atoms with Gasteiger partial charge in [-0.2, -0.15) is 0 Å². The highest BCUT2D eigenvalue weighted by Crippen LogP contribution is 2.38. The van der Waals surface area contributed by atoms with Crippen LogP contribution in [0.3, 0.4) is 0 Å². The number of hydrogen-bond donors (Lipinski definition) is 2. The van der Waals surface area contributed by atoms with Gasteiger partial charge < -0.3 is 15.8 Å². The summed E-state index contributed by atoms with van der Waals surface area (Å²) in [4.78, 5) is 28.5. The van der Waals surface area contributed by atoms with Crippen molar-refractivity contribution in [3.8, 4) is 16.9 Å². The van der Waals surface area contributed by atoms with Crippen molar-refractivity contribution in [1.82, 2.24) is 10.3 Å². The predicted molar refractivity (Wildman–Crippen MR) is 116 cm³/mol. The van der Waals surface area contributed by atoms with E-state index in [9.17, 15) is 9.59 Å². The van der Waals surface area contributed by atoms with E-state index in [2.05, 4.69) is 10.3 Å². The Balaban J connectivity index is 1.36. The lowest BCUT2D eigenvalue weighted by Gasteiger charge is -2.14. The van der Waals surface area contributed by atoms with Gasteiger partial charge in [-0.05, 0) is 35.4 Å². The molecule has 4 rings (SSSR count). The van der Waals surface area contributed by atoms with Gasteiger partial charge in [0.1, 0.15) is 11.9 Å². The van der Waals surface area contributed by atoms with Crippen molar-refractivity contribution in [2.24, 2.45) is 5.73 Å². The number of para-hydroxylation sites is 1. The molecule has 30 heavy (non-hydrogen) atoms. The van der Waals surface area contributed by atoms with Crippen molar-refractivity contribution in [3.63, 3.8) is 0 Å². The van der Waals surface area contributed by atoms with E-state index < -0.39 is 5.91 Å². The summed E-state index contributed by atoms with van der Waals surface area (Å²) >= 11 is 1.48. The summed E-state index contributed by atoms with van der Waals surface area (Å²) in [5.74, 6) is 0.698. The molecule has 2 amide bonds. The molecule has 6 nitrogen and oxygen atoms in total. The normalized spacial score (nSPS) is 14.6. The van der Waals surface area contributed by atoms with E-state index in [0.29, 0.717) is 17.9 Å². The molecule has 152 valence electrons. The molecule has 0 aliphatic carbocycles. The number of fused-ring (bicyclic) bond motifs is 1. The minimum Gasteiger partial charge on any atom is -0.487 e. The van der Waals surface area contributed by atoms with Gasteiger partial charge in [0.05, 0.1) is 12.3 Å². The van der Waals surface area contributed by atoms with Crippen LogP contribution in [0.5, 0.6) is 5.75 Å². The maximum atomic E-state index is 12.2. The Kier molecular flexibility index (Phi) is 5.99. The zero-order chi connectivity index (χ0) is 20.9. The predicted octanol–water partition coefficient (Wildman–Crippen LogP) is 3.06. The first-order valence-corrected chi connectivity index (χ1v) is 10.6. The summed E-state index contributed by atoms with van der Waals surface area (Å²) in [5.41, 5.74) is 8.82. The monoisotopic (exact) mass is 419 g/mol. The summed E-state index contributed by atoms with van der Waals surface area (Å²) in [6.07, 6.45) is 4.05. The highest BCUT2D eigenvalue weighted by molar-refractivity contribution is 8.00. The lowest BCUT2D eigenvalue weighted by atomic mass is 9.99. The van der Waals surface area contributed by atoms with Crippen LogP contribution >= 0.6 is 11.8 Å². The topological polar surface area (TPSA) is 94.3 Å². The van der Waals surface area contributed by atoms with Gasteiger partial charge in [-0.3, -0.25) is 14.6 Å². The number of amides is 2. The highest BCUT2D eigenvalue weighted by atomic mass is 32.2. The fourth-order valence-electron chi connectivity index (χ4n) is 3.36. The quantitative estimate of drug-likeness (QED) is 0.574. The largest absolute Gasteiger partial charge is 0.487 e. The molecule has 3 N–H and O–H groups in total. The third kappa shape index (κ3) is 4.63. The highest BCUT2D eigenvalue weighted by Gasteiger charge is 2.26. The SMILES string of the molecule is NC(=O)c1ccc(-c2cccc3c2O[C@@H](CNC(=O)CSc2ccncc2)C3)cc1. The van der Waals surface area contributed by atoms with Gasteiger partial charge in [0.2, 0.25) is 11.8 Å². The van der Waals surface area contributed by atoms with Crippen LogP contribution in [-0.2, 0) is 11.2 Å². The number of thioether (sulfide) groups is 1. The average Bonchev–Trinajstić information content (AvgIpc) is 3.20. The molecule has 0 radical (unpaired) electrons. The summed E-state index contributed by atoms with van der Waals surface area (Å²) < 4.78 is 6.16. The number of nitrogens with one attached hydrogen (secondary N) is 1. The van der Waals surface area contributed by atoms with Crippen molar-refractivity contribution >= 4 is 23.6 Å². The molecule has 0 saturated carbocycles. The molecule has 0 unspecified atom stereocenters. The molecule has 1 atom stereocenters. The van der Waals surface area contributed by atoms with Crippen LogP contribution in [0, 0.1) is 0 Å². The molecule has 1 aliphatic heterocycles. The number of carbonyl (C=O) groups excluding carboxylic acids is 2. The van der Waals surface area contributed by atoms with E-state index in [0.717, 1.165) is 33.8 Å². The maximum Gasteiger partial charge on any atom is 0.248 e. The molecule has 0 spiro atoms. The Morgan fingerprint density at radius 3 is 2.60 bits per heavy atom. The van der Waals surface area contributed by atoms with Crippen molar-refractivity contribution in [2.75, 3.05) is 12.3 Å². The number of nitrogens with two attached hydrogens (primary N) is 1. The number of hydrogen-bond acceptors (Lipinski definition) is 5. The Bertz CT molecular complexity index is 1060. The number of primary amides is 1. The number of rotatable bonds is 7. The number of ether oxygens (including phenoxy) is 1. The van der Waals surface area contributed by atoms with Gasteiger partial charge in [-0.25, -0.2) is 0 Å². The lowest BCUT2D eigenvalue weighted by molar-refractivity contribution is -0.118. The van der Waals surface area contributed by atoms with Crippen molar-refractivity contribution in [2.45, 2.75) is 17.4 Å². The first kappa shape index (κ1) is 20.0. The third-order valence-electron chi connectivity index (χ3n) is 4.86. The molecule has 0 saturated heterocycles. The average molecular weight is 420 g/mol. The summed E-state index contributed by atoms with van der Waals surface area (Å²) in [5, 5.41) is 2.96. The molecule has 1 aromatic heterocycles. The van der Waals surface area contributed by atoms with Gasteiger partial charge in [0.15, 0.2) is 0 Å². The maximum absolute atomic E-state index is 12.2. The van der Waals surface area contributed by atoms with E-state index in [1.165, 1.54) is 11.8 Å². The minimum absolute atomic E-state index is 0.0290. The Labute approximate surface area is 178 Å². The zero-order valence-electron chi connectivity index (χ0n) is 16.2. The van der Waals surface area contributed by atoms with Crippen LogP contribution < -0.4 is 15.8 Å². The first-order chi connectivity index (χ1) is 14.6. The molecule has 2 heterocycles. The van der Waals surface area contributed by atoms with Crippen LogP contribution in [0.2, 0.25) is 0 Å². The second kappa shape index (κ2) is 9.00. The van der Waals surface area contributed by atoms with Gasteiger partial charge in [-0.1, -0.05) is 30.3 Å². The second-order valence-corrected chi connectivity index (χ2v) is 8.00. The number of pyridine rings is 1. The van der Waals surface area contributed by atoms with Crippen LogP contribution in [0.15, 0.2) is 71.9 Å². The van der Waals surface area contributed by atoms with Gasteiger partial charge in [-0.15, -0.1) is 11.8 Å². The number of benzene rings is 2. The van der Waals surface area contributed by atoms with Crippen LogP contribution in [0.1, 0.15) is 15.9 Å². The van der Waals surface area contributed by atoms with Crippen LogP contribution in [0.25, 0.3) is 11.1 Å². The van der Waals surface area contributed by atoms with E-state index in [1.807, 2.05) is 42.5 Å². The number of carbonyl (C=O) groups is 2. The van der Waals surface area contributed by atoms with Crippen LogP contribution in [-0.4, -0.2) is 35.2 Å². The Hall–Kier alpha value is -3.32. The standard InChI is InChI=1S/C23H21N3O3S/c24-23(28)16-6-4-15(5-7-16)20-3-1-2-17-12-18(29-22(17)20)13-26-21(27)14-30-19-8-10-25-11-9-19/h1-11,18H,12-14H2,(H2,24,28)(H,26,27)/t18-/m1/s1. The first-order valence-electron chi connectivity index (χ1n) is 9.58. The molecule has 0 fully saturated rings. The van der Waals surface area contributed by atoms with Crippen molar-refractivity contribution in [1.29, 1.82) is 0 Å². The number of nitrogens with zero attached hydrogens (tertiary/aromatic N) is 1. The third-order valence-corrected chi connectivity index (χ3v) is 5.87. The fraction of sp³-hybridized carbons (Fsp3) is 0.174. The van der Waals surface area contributed by atoms with Crippen molar-refractivity contribution in [3.05, 3.63) is 78.1 Å². The van der Waals surface area contributed by atoms with E-state index in [-0.39, 0.29) is 12.0 Å². The molecular weight excluding hydrogens is 398 g/mol. The number of aromatic nitrogens is 1. The van der Waals surface area contributed by atoms with E-state index >= 15 is 0 Å². The minimum atomic E-state index is -0.450. The summed E-state index contributed by atoms with van der Waals surface area (Å²) in [6.45, 7) is 0.449. The van der Waals surface area contributed by atoms with Gasteiger partial charge in [0.25, 0.3) is 0 Å². The molecule has 7 heteroatoms. The fourth-order valence-corrected chi connectivity index (χ4v) is 4.07. The van der Waals surface area contributed by atoms with Gasteiger partial charge >= 0.3 is 0 Å². The zero-order valence-corrected chi connectivity index (χ0v) is 17.0. The van der Waals surface area contributed by atoms with E-state index in [1.54, 1.807) is 24.5 Å². The summed E-state index contributed by atoms with van der Waals surface area (Å²) in [7, 11) is 0. The molecule has 3 aromatic rings. The summed E-state index contributed by atoms with van der Waals surface area (Å²) in [6, 6.07) is 16.9. The Morgan fingerprint density at radius 2 is 1.87 bits per heavy atom. The van der Waals surface area contributed by atoms with E-state index in [4.69, 9.17) is 10.5 Å². The Morgan fingerprint density at radius 1 is 1.10 bits per heavy atom. The van der Waals surface area contributed by atoms with Crippen LogP contribution in [0.4, 0.5) is 0 Å². The smallest absolute Gasteiger partial charge is 0.248 e. The van der Waals surface area contributed by atoms with Gasteiger partial charge in [0, 0.05) is 34.8 Å². The molecule has 2 aromatic carbocycles. The molecule has 0 bridgehead atoms. The van der Waals surface area contributed by atoms with Crippen molar-refractivity contribution < 1.29 is 14.3 Å². The molecule has 1 aliphatic rings. The molecular formula is C23H21N3O3S.